The molecule has 25 heavy (non-hydrogen) atoms. The zero-order valence-electron chi connectivity index (χ0n) is 15.0. The summed E-state index contributed by atoms with van der Waals surface area (Å²) in [5.41, 5.74) is 4.51. The van der Waals surface area contributed by atoms with Gasteiger partial charge in [-0.15, -0.1) is 0 Å². The van der Waals surface area contributed by atoms with Crippen LogP contribution in [0.5, 0.6) is 0 Å². The van der Waals surface area contributed by atoms with Crippen molar-refractivity contribution in [1.82, 2.24) is 4.98 Å². The van der Waals surface area contributed by atoms with E-state index >= 15 is 0 Å². The average molecular weight is 329 g/mol. The van der Waals surface area contributed by atoms with Gasteiger partial charge in [-0.25, -0.2) is 0 Å². The molecule has 2 heteroatoms. The molecule has 0 radical (unpaired) electrons. The topological polar surface area (TPSA) is 26.0 Å². The molecule has 0 amide bonds. The Bertz CT molecular complexity index is 996. The monoisotopic (exact) mass is 329 g/mol. The Labute approximate surface area is 148 Å². The fourth-order valence-corrected chi connectivity index (χ4v) is 3.34. The van der Waals surface area contributed by atoms with Crippen LogP contribution in [-0.2, 0) is 6.42 Å². The van der Waals surface area contributed by atoms with Gasteiger partial charge in [0, 0.05) is 22.4 Å². The molecule has 2 aromatic carbocycles. The number of hydrogen-bond donors (Lipinski definition) is 0. The van der Waals surface area contributed by atoms with E-state index in [0.717, 1.165) is 29.0 Å². The number of para-hydroxylation sites is 1. The molecule has 2 nitrogen and oxygen atoms in total. The largest absolute Gasteiger partial charge is 0.461 e. The van der Waals surface area contributed by atoms with Gasteiger partial charge in [0.1, 0.15) is 11.3 Å². The van der Waals surface area contributed by atoms with Crippen LogP contribution in [-0.4, -0.2) is 4.98 Å². The Morgan fingerprint density at radius 2 is 1.72 bits per heavy atom. The van der Waals surface area contributed by atoms with Gasteiger partial charge in [-0.3, -0.25) is 4.98 Å². The van der Waals surface area contributed by atoms with Gasteiger partial charge in [0.15, 0.2) is 0 Å². The summed E-state index contributed by atoms with van der Waals surface area (Å²) in [7, 11) is 0. The van der Waals surface area contributed by atoms with Crippen molar-refractivity contribution in [2.75, 3.05) is 0 Å². The van der Waals surface area contributed by atoms with Crippen LogP contribution in [0.1, 0.15) is 49.6 Å². The minimum Gasteiger partial charge on any atom is -0.461 e. The maximum atomic E-state index is 6.02. The van der Waals surface area contributed by atoms with Crippen molar-refractivity contribution in [2.24, 2.45) is 0 Å². The number of pyridine rings is 1. The van der Waals surface area contributed by atoms with Gasteiger partial charge >= 0.3 is 0 Å². The maximum absolute atomic E-state index is 6.02. The number of fused-ring (bicyclic) bond motifs is 2. The second-order valence-electron chi connectivity index (χ2n) is 7.21. The lowest BCUT2D eigenvalue weighted by atomic mass is 9.97. The van der Waals surface area contributed by atoms with Crippen LogP contribution in [0.4, 0.5) is 0 Å². The summed E-state index contributed by atoms with van der Waals surface area (Å²) in [6.45, 7) is 6.58. The van der Waals surface area contributed by atoms with Crippen LogP contribution in [0, 0.1) is 0 Å². The van der Waals surface area contributed by atoms with Crippen LogP contribution in [0.25, 0.3) is 21.9 Å². The van der Waals surface area contributed by atoms with Crippen molar-refractivity contribution >= 4 is 21.9 Å². The Kier molecular flexibility index (Phi) is 4.04. The Hall–Kier alpha value is -2.61. The maximum Gasteiger partial charge on any atom is 0.134 e. The molecule has 0 saturated carbocycles. The van der Waals surface area contributed by atoms with Gasteiger partial charge in [0.25, 0.3) is 0 Å². The lowest BCUT2D eigenvalue weighted by Gasteiger charge is -2.10. The van der Waals surface area contributed by atoms with Crippen molar-refractivity contribution in [2.45, 2.75) is 39.0 Å². The molecule has 0 bridgehead atoms. The third kappa shape index (κ3) is 3.17. The number of hydrogen-bond acceptors (Lipinski definition) is 2. The predicted molar refractivity (Wildman–Crippen MR) is 104 cm³/mol. The fourth-order valence-electron chi connectivity index (χ4n) is 3.34. The van der Waals surface area contributed by atoms with E-state index in [2.05, 4.69) is 63.2 Å². The predicted octanol–water partition coefficient (Wildman–Crippen LogP) is 6.45. The molecule has 0 aliphatic heterocycles. The molecule has 0 aliphatic carbocycles. The molecule has 0 saturated heterocycles. The third-order valence-corrected chi connectivity index (χ3v) is 4.84. The van der Waals surface area contributed by atoms with Crippen LogP contribution in [0.15, 0.2) is 65.1 Å². The molecule has 2 aromatic heterocycles. The van der Waals surface area contributed by atoms with E-state index < -0.39 is 0 Å². The average Bonchev–Trinajstić information content (AvgIpc) is 3.05. The summed E-state index contributed by atoms with van der Waals surface area (Å²) in [5, 5.41) is 2.38. The Morgan fingerprint density at radius 3 is 2.52 bits per heavy atom. The molecule has 126 valence electrons. The van der Waals surface area contributed by atoms with Gasteiger partial charge in [-0.1, -0.05) is 51.1 Å². The molecule has 1 unspecified atom stereocenters. The minimum atomic E-state index is 0.341. The smallest absolute Gasteiger partial charge is 0.134 e. The first-order valence-corrected chi connectivity index (χ1v) is 8.98. The number of nitrogens with zero attached hydrogens (tertiary/aromatic N) is 1. The summed E-state index contributed by atoms with van der Waals surface area (Å²) in [5.74, 6) is 1.85. The second kappa shape index (κ2) is 6.36. The van der Waals surface area contributed by atoms with Crippen LogP contribution < -0.4 is 0 Å². The number of rotatable bonds is 4. The second-order valence-corrected chi connectivity index (χ2v) is 7.21. The summed E-state index contributed by atoms with van der Waals surface area (Å²) in [6, 6.07) is 21.3. The van der Waals surface area contributed by atoms with Gasteiger partial charge in [0.2, 0.25) is 0 Å². The van der Waals surface area contributed by atoms with E-state index in [0.29, 0.717) is 11.8 Å². The molecule has 0 N–H and O–H groups in total. The molecule has 2 heterocycles. The van der Waals surface area contributed by atoms with E-state index in [1.165, 1.54) is 16.3 Å². The zero-order chi connectivity index (χ0) is 17.4. The molecule has 0 fully saturated rings. The van der Waals surface area contributed by atoms with Crippen molar-refractivity contribution in [3.8, 4) is 0 Å². The van der Waals surface area contributed by atoms with Gasteiger partial charge < -0.3 is 4.42 Å². The lowest BCUT2D eigenvalue weighted by Crippen LogP contribution is -1.98. The molecule has 4 rings (SSSR count). The zero-order valence-corrected chi connectivity index (χ0v) is 15.0. The highest BCUT2D eigenvalue weighted by molar-refractivity contribution is 5.80. The van der Waals surface area contributed by atoms with Gasteiger partial charge in [0.05, 0.1) is 5.52 Å². The normalized spacial score (nSPS) is 13.0. The van der Waals surface area contributed by atoms with E-state index in [-0.39, 0.29) is 0 Å². The summed E-state index contributed by atoms with van der Waals surface area (Å²) in [6.07, 6.45) is 0.960. The lowest BCUT2D eigenvalue weighted by molar-refractivity contribution is 0.504. The minimum absolute atomic E-state index is 0.341. The van der Waals surface area contributed by atoms with Gasteiger partial charge in [-0.2, -0.15) is 0 Å². The molecule has 1 atom stereocenters. The highest BCUT2D eigenvalue weighted by atomic mass is 16.3. The van der Waals surface area contributed by atoms with E-state index in [9.17, 15) is 0 Å². The number of benzene rings is 2. The van der Waals surface area contributed by atoms with Crippen LogP contribution in [0.3, 0.4) is 0 Å². The number of aromatic nitrogens is 1. The van der Waals surface area contributed by atoms with Crippen LogP contribution >= 0.6 is 0 Å². The third-order valence-electron chi connectivity index (χ3n) is 4.84. The summed E-state index contributed by atoms with van der Waals surface area (Å²) < 4.78 is 6.02. The highest BCUT2D eigenvalue weighted by Gasteiger charge is 2.13. The van der Waals surface area contributed by atoms with E-state index in [4.69, 9.17) is 9.40 Å². The quantitative estimate of drug-likeness (QED) is 0.430. The molecular formula is C23H23NO. The van der Waals surface area contributed by atoms with Crippen LogP contribution in [0.2, 0.25) is 0 Å². The van der Waals surface area contributed by atoms with Crippen molar-refractivity contribution in [1.29, 1.82) is 0 Å². The van der Waals surface area contributed by atoms with Crippen molar-refractivity contribution in [3.05, 3.63) is 77.7 Å². The molecule has 4 aromatic rings. The Balaban J connectivity index is 1.60. The molecule has 0 aliphatic rings. The first-order chi connectivity index (χ1) is 12.1. The first-order valence-electron chi connectivity index (χ1n) is 8.98. The van der Waals surface area contributed by atoms with Gasteiger partial charge in [-0.05, 0) is 48.2 Å². The fraction of sp³-hybridized carbons (Fsp3) is 0.261. The Morgan fingerprint density at radius 1 is 0.880 bits per heavy atom. The summed E-state index contributed by atoms with van der Waals surface area (Å²) >= 11 is 0. The van der Waals surface area contributed by atoms with Crippen molar-refractivity contribution < 1.29 is 4.42 Å². The van der Waals surface area contributed by atoms with E-state index in [1.807, 2.05) is 18.2 Å². The number of furan rings is 1. The first kappa shape index (κ1) is 15.9. The standard InChI is InChI=1S/C23H23NO/c1-15(2)20-11-9-18-13-17(8-10-21(18)24-20)12-16(3)23-14-19-6-4-5-7-22(19)25-23/h4-11,13-16H,12H2,1-3H3. The highest BCUT2D eigenvalue weighted by Crippen LogP contribution is 2.28. The van der Waals surface area contributed by atoms with E-state index in [1.54, 1.807) is 0 Å². The van der Waals surface area contributed by atoms with Crippen molar-refractivity contribution in [3.63, 3.8) is 0 Å². The summed E-state index contributed by atoms with van der Waals surface area (Å²) in [4.78, 5) is 4.76. The molecular weight excluding hydrogens is 306 g/mol. The molecule has 0 spiro atoms. The SMILES string of the molecule is CC(C)c1ccc2cc(CC(C)c3cc4ccccc4o3)ccc2n1.